The standard InChI is InChI=1S/C19H23NO/c1-3-20-19(14(2)15-7-5-4-6-8-15)17-9-10-18-16(13-17)11-12-21-18/h4-10,13-14,19-20H,3,11-12H2,1-2H3. The summed E-state index contributed by atoms with van der Waals surface area (Å²) in [5.41, 5.74) is 4.08. The van der Waals surface area contributed by atoms with Crippen molar-refractivity contribution >= 4 is 0 Å². The summed E-state index contributed by atoms with van der Waals surface area (Å²) in [4.78, 5) is 0. The second-order valence-electron chi connectivity index (χ2n) is 5.70. The zero-order chi connectivity index (χ0) is 14.7. The van der Waals surface area contributed by atoms with Gasteiger partial charge in [0.05, 0.1) is 6.61 Å². The molecule has 2 aromatic carbocycles. The van der Waals surface area contributed by atoms with Gasteiger partial charge in [0.25, 0.3) is 0 Å². The highest BCUT2D eigenvalue weighted by molar-refractivity contribution is 5.41. The van der Waals surface area contributed by atoms with Crippen molar-refractivity contribution in [2.45, 2.75) is 32.2 Å². The van der Waals surface area contributed by atoms with Gasteiger partial charge in [-0.25, -0.2) is 0 Å². The first-order valence-electron chi connectivity index (χ1n) is 7.83. The van der Waals surface area contributed by atoms with Crippen LogP contribution in [-0.4, -0.2) is 13.2 Å². The van der Waals surface area contributed by atoms with E-state index in [0.29, 0.717) is 12.0 Å². The van der Waals surface area contributed by atoms with E-state index in [1.165, 1.54) is 16.7 Å². The lowest BCUT2D eigenvalue weighted by molar-refractivity contribution is 0.356. The van der Waals surface area contributed by atoms with Crippen molar-refractivity contribution in [2.24, 2.45) is 0 Å². The predicted octanol–water partition coefficient (Wildman–Crippen LogP) is 4.08. The largest absolute Gasteiger partial charge is 0.493 e. The highest BCUT2D eigenvalue weighted by Crippen LogP contribution is 2.34. The molecule has 0 aliphatic carbocycles. The van der Waals surface area contributed by atoms with Crippen LogP contribution >= 0.6 is 0 Å². The van der Waals surface area contributed by atoms with Crippen LogP contribution in [0.15, 0.2) is 48.5 Å². The van der Waals surface area contributed by atoms with Crippen molar-refractivity contribution in [3.63, 3.8) is 0 Å². The second-order valence-corrected chi connectivity index (χ2v) is 5.70. The summed E-state index contributed by atoms with van der Waals surface area (Å²) < 4.78 is 5.62. The molecular weight excluding hydrogens is 258 g/mol. The molecule has 0 radical (unpaired) electrons. The average molecular weight is 281 g/mol. The Morgan fingerprint density at radius 3 is 2.67 bits per heavy atom. The van der Waals surface area contributed by atoms with Crippen LogP contribution in [0, 0.1) is 0 Å². The van der Waals surface area contributed by atoms with E-state index in [1.807, 2.05) is 0 Å². The number of benzene rings is 2. The number of fused-ring (bicyclic) bond motifs is 1. The summed E-state index contributed by atoms with van der Waals surface area (Å²) in [5, 5.41) is 3.65. The fourth-order valence-corrected chi connectivity index (χ4v) is 3.15. The number of hydrogen-bond donors (Lipinski definition) is 1. The maximum Gasteiger partial charge on any atom is 0.122 e. The first-order chi connectivity index (χ1) is 10.3. The van der Waals surface area contributed by atoms with Gasteiger partial charge in [-0.05, 0) is 29.3 Å². The van der Waals surface area contributed by atoms with Crippen LogP contribution < -0.4 is 10.1 Å². The fraction of sp³-hybridized carbons (Fsp3) is 0.368. The summed E-state index contributed by atoms with van der Waals surface area (Å²) in [6.45, 7) is 6.25. The zero-order valence-corrected chi connectivity index (χ0v) is 12.8. The maximum atomic E-state index is 5.62. The minimum atomic E-state index is 0.336. The van der Waals surface area contributed by atoms with E-state index < -0.39 is 0 Å². The third-order valence-corrected chi connectivity index (χ3v) is 4.32. The molecule has 2 nitrogen and oxygen atoms in total. The Hall–Kier alpha value is -1.80. The molecule has 1 heterocycles. The van der Waals surface area contributed by atoms with Crippen molar-refractivity contribution in [3.8, 4) is 5.75 Å². The molecule has 2 unspecified atom stereocenters. The summed E-state index contributed by atoms with van der Waals surface area (Å²) >= 11 is 0. The van der Waals surface area contributed by atoms with E-state index in [9.17, 15) is 0 Å². The number of rotatable bonds is 5. The van der Waals surface area contributed by atoms with Gasteiger partial charge >= 0.3 is 0 Å². The minimum Gasteiger partial charge on any atom is -0.493 e. The summed E-state index contributed by atoms with van der Waals surface area (Å²) in [6, 6.07) is 17.7. The van der Waals surface area contributed by atoms with Gasteiger partial charge in [0.15, 0.2) is 0 Å². The van der Waals surface area contributed by atoms with Gasteiger partial charge in [-0.15, -0.1) is 0 Å². The second kappa shape index (κ2) is 6.31. The number of nitrogens with one attached hydrogen (secondary N) is 1. The molecule has 0 saturated carbocycles. The van der Waals surface area contributed by atoms with Gasteiger partial charge in [-0.2, -0.15) is 0 Å². The van der Waals surface area contributed by atoms with Crippen LogP contribution in [0.3, 0.4) is 0 Å². The van der Waals surface area contributed by atoms with Gasteiger partial charge in [0.2, 0.25) is 0 Å². The molecule has 2 aromatic rings. The van der Waals surface area contributed by atoms with Crippen LogP contribution in [0.2, 0.25) is 0 Å². The van der Waals surface area contributed by atoms with Gasteiger partial charge < -0.3 is 10.1 Å². The number of hydrogen-bond acceptors (Lipinski definition) is 2. The van der Waals surface area contributed by atoms with E-state index in [2.05, 4.69) is 67.7 Å². The molecule has 2 heteroatoms. The van der Waals surface area contributed by atoms with Crippen molar-refractivity contribution < 1.29 is 4.74 Å². The van der Waals surface area contributed by atoms with Crippen LogP contribution in [0.1, 0.15) is 42.5 Å². The highest BCUT2D eigenvalue weighted by atomic mass is 16.5. The van der Waals surface area contributed by atoms with Gasteiger partial charge in [0, 0.05) is 18.4 Å². The third kappa shape index (κ3) is 2.96. The molecule has 0 spiro atoms. The molecule has 1 aliphatic heterocycles. The Bertz CT molecular complexity index is 594. The molecule has 0 fully saturated rings. The van der Waals surface area contributed by atoms with Crippen molar-refractivity contribution in [1.29, 1.82) is 0 Å². The summed E-state index contributed by atoms with van der Waals surface area (Å²) in [7, 11) is 0. The van der Waals surface area contributed by atoms with E-state index in [0.717, 1.165) is 25.3 Å². The summed E-state index contributed by atoms with van der Waals surface area (Å²) in [5.74, 6) is 1.49. The minimum absolute atomic E-state index is 0.336. The molecule has 0 saturated heterocycles. The molecule has 21 heavy (non-hydrogen) atoms. The number of ether oxygens (including phenoxy) is 1. The Morgan fingerprint density at radius 1 is 1.10 bits per heavy atom. The Kier molecular flexibility index (Phi) is 4.26. The molecule has 1 N–H and O–H groups in total. The van der Waals surface area contributed by atoms with Crippen LogP contribution in [0.25, 0.3) is 0 Å². The fourth-order valence-electron chi connectivity index (χ4n) is 3.15. The van der Waals surface area contributed by atoms with E-state index in [4.69, 9.17) is 4.74 Å². The Morgan fingerprint density at radius 2 is 1.90 bits per heavy atom. The highest BCUT2D eigenvalue weighted by Gasteiger charge is 2.22. The molecule has 110 valence electrons. The quantitative estimate of drug-likeness (QED) is 0.891. The van der Waals surface area contributed by atoms with Gasteiger partial charge in [-0.3, -0.25) is 0 Å². The first kappa shape index (κ1) is 14.2. The molecule has 1 aliphatic rings. The van der Waals surface area contributed by atoms with E-state index in [1.54, 1.807) is 0 Å². The third-order valence-electron chi connectivity index (χ3n) is 4.32. The summed E-state index contributed by atoms with van der Waals surface area (Å²) in [6.07, 6.45) is 1.03. The first-order valence-corrected chi connectivity index (χ1v) is 7.83. The Labute approximate surface area is 127 Å². The van der Waals surface area contributed by atoms with Crippen molar-refractivity contribution in [2.75, 3.05) is 13.2 Å². The lowest BCUT2D eigenvalue weighted by Gasteiger charge is -2.26. The monoisotopic (exact) mass is 281 g/mol. The maximum absolute atomic E-state index is 5.62. The molecule has 0 amide bonds. The zero-order valence-electron chi connectivity index (χ0n) is 12.8. The Balaban J connectivity index is 1.90. The SMILES string of the molecule is CCNC(c1ccc2c(c1)CCO2)C(C)c1ccccc1. The number of likely N-dealkylation sites (N-methyl/N-ethyl adjacent to an activating group) is 1. The normalized spacial score (nSPS) is 16.1. The molecule has 2 atom stereocenters. The molecule has 3 rings (SSSR count). The van der Waals surface area contributed by atoms with Crippen LogP contribution in [0.4, 0.5) is 0 Å². The smallest absolute Gasteiger partial charge is 0.122 e. The predicted molar refractivity (Wildman–Crippen MR) is 86.9 cm³/mol. The van der Waals surface area contributed by atoms with E-state index >= 15 is 0 Å². The molecule has 0 aromatic heterocycles. The van der Waals surface area contributed by atoms with Gasteiger partial charge in [0.1, 0.15) is 5.75 Å². The van der Waals surface area contributed by atoms with Crippen molar-refractivity contribution in [3.05, 3.63) is 65.2 Å². The topological polar surface area (TPSA) is 21.3 Å². The lowest BCUT2D eigenvalue weighted by atomic mass is 9.87. The molecular formula is C19H23NO. The van der Waals surface area contributed by atoms with Gasteiger partial charge in [-0.1, -0.05) is 56.3 Å². The molecule has 0 bridgehead atoms. The van der Waals surface area contributed by atoms with E-state index in [-0.39, 0.29) is 0 Å². The van der Waals surface area contributed by atoms with Crippen molar-refractivity contribution in [1.82, 2.24) is 5.32 Å². The van der Waals surface area contributed by atoms with Crippen LogP contribution in [0.5, 0.6) is 5.75 Å². The average Bonchev–Trinajstić information content (AvgIpc) is 3.00. The lowest BCUT2D eigenvalue weighted by Crippen LogP contribution is -2.25. The van der Waals surface area contributed by atoms with Crippen LogP contribution in [-0.2, 0) is 6.42 Å².